The minimum absolute atomic E-state index is 0.297. The molecule has 2 aromatic heterocycles. The summed E-state index contributed by atoms with van der Waals surface area (Å²) in [5, 5.41) is 29.4. The first kappa shape index (κ1) is 15.2. The predicted octanol–water partition coefficient (Wildman–Crippen LogP) is 0.678. The van der Waals surface area contributed by atoms with Gasteiger partial charge in [-0.15, -0.1) is 11.8 Å². The number of nitrogens with zero attached hydrogens (tertiary/aromatic N) is 2. The molecule has 3 N–H and O–H groups in total. The topological polar surface area (TPSA) is 95.7 Å². The molecule has 2 aromatic rings. The van der Waals surface area contributed by atoms with E-state index in [1.807, 2.05) is 6.07 Å². The summed E-state index contributed by atoms with van der Waals surface area (Å²) in [5.74, 6) is 0.793. The van der Waals surface area contributed by atoms with Gasteiger partial charge >= 0.3 is 0 Å². The van der Waals surface area contributed by atoms with Gasteiger partial charge in [0.1, 0.15) is 23.7 Å². The molecule has 116 valence electrons. The summed E-state index contributed by atoms with van der Waals surface area (Å²) in [4.78, 5) is 8.37. The second kappa shape index (κ2) is 6.62. The lowest BCUT2D eigenvalue weighted by Crippen LogP contribution is -2.50. The van der Waals surface area contributed by atoms with Crippen molar-refractivity contribution in [1.82, 2.24) is 9.97 Å². The Morgan fingerprint density at radius 2 is 1.91 bits per heavy atom. The smallest absolute Gasteiger partial charge is 0.173 e. The van der Waals surface area contributed by atoms with Gasteiger partial charge in [0, 0.05) is 29.9 Å². The highest BCUT2D eigenvalue weighted by atomic mass is 32.2. The molecular weight excluding hydrogens is 304 g/mol. The van der Waals surface area contributed by atoms with Crippen LogP contribution in [0.1, 0.15) is 0 Å². The molecule has 0 amide bonds. The Morgan fingerprint density at radius 3 is 2.68 bits per heavy atom. The number of aliphatic hydroxyl groups excluding tert-OH is 3. The van der Waals surface area contributed by atoms with Crippen molar-refractivity contribution in [3.8, 4) is 17.0 Å². The first-order valence-electron chi connectivity index (χ1n) is 6.84. The highest BCUT2D eigenvalue weighted by Crippen LogP contribution is 2.33. The van der Waals surface area contributed by atoms with Crippen molar-refractivity contribution < 1.29 is 20.1 Å². The van der Waals surface area contributed by atoms with Crippen LogP contribution in [-0.4, -0.2) is 54.8 Å². The fourth-order valence-electron chi connectivity index (χ4n) is 2.21. The van der Waals surface area contributed by atoms with Gasteiger partial charge in [-0.1, -0.05) is 0 Å². The monoisotopic (exact) mass is 320 g/mol. The zero-order valence-electron chi connectivity index (χ0n) is 11.6. The van der Waals surface area contributed by atoms with Crippen LogP contribution in [0, 0.1) is 0 Å². The Hall–Kier alpha value is -1.67. The number of ether oxygens (including phenoxy) is 1. The lowest BCUT2D eigenvalue weighted by atomic mass is 10.1. The number of hydrogen-bond donors (Lipinski definition) is 3. The molecule has 7 heteroatoms. The first-order chi connectivity index (χ1) is 10.7. The van der Waals surface area contributed by atoms with Gasteiger partial charge in [0.05, 0.1) is 6.10 Å². The summed E-state index contributed by atoms with van der Waals surface area (Å²) in [6, 6.07) is 7.16. The van der Waals surface area contributed by atoms with Crippen molar-refractivity contribution in [2.75, 3.05) is 5.75 Å². The molecule has 0 bridgehead atoms. The standard InChI is InChI=1S/C15H16N2O4S/c18-10-8-22-15(14(20)13(10)19)21-11-4-2-6-17-12(11)9-3-1-5-16-7-9/h1-7,10,13-15,18-20H,8H2/t10-,13+,14-,15+/m1/s1. The SMILES string of the molecule is O[C@@H]1[C@@H](O)[C@@H](Oc2cccnc2-c2cccnc2)SC[C@H]1O. The van der Waals surface area contributed by atoms with E-state index in [9.17, 15) is 15.3 Å². The molecular formula is C15H16N2O4S. The van der Waals surface area contributed by atoms with Crippen molar-refractivity contribution in [1.29, 1.82) is 0 Å². The van der Waals surface area contributed by atoms with Crippen LogP contribution in [0.2, 0.25) is 0 Å². The molecule has 0 unspecified atom stereocenters. The second-order valence-electron chi connectivity index (χ2n) is 4.96. The Morgan fingerprint density at radius 1 is 1.09 bits per heavy atom. The largest absolute Gasteiger partial charge is 0.475 e. The van der Waals surface area contributed by atoms with E-state index in [1.54, 1.807) is 36.8 Å². The number of rotatable bonds is 3. The molecule has 22 heavy (non-hydrogen) atoms. The van der Waals surface area contributed by atoms with Crippen LogP contribution in [0.15, 0.2) is 42.9 Å². The lowest BCUT2D eigenvalue weighted by Gasteiger charge is -2.34. The molecule has 0 saturated carbocycles. The molecule has 3 rings (SSSR count). The Labute approximate surface area is 131 Å². The molecule has 4 atom stereocenters. The fourth-order valence-corrected chi connectivity index (χ4v) is 3.33. The molecule has 0 radical (unpaired) electrons. The third-order valence-electron chi connectivity index (χ3n) is 3.40. The molecule has 1 aliphatic heterocycles. The average Bonchev–Trinajstić information content (AvgIpc) is 2.57. The molecule has 0 spiro atoms. The van der Waals surface area contributed by atoms with Gasteiger partial charge in [0.15, 0.2) is 5.44 Å². The van der Waals surface area contributed by atoms with E-state index in [4.69, 9.17) is 4.74 Å². The Bertz CT molecular complexity index is 628. The van der Waals surface area contributed by atoms with E-state index in [2.05, 4.69) is 9.97 Å². The van der Waals surface area contributed by atoms with Crippen LogP contribution in [-0.2, 0) is 0 Å². The molecule has 1 saturated heterocycles. The van der Waals surface area contributed by atoms with Crippen molar-refractivity contribution in [2.45, 2.75) is 23.7 Å². The number of thioether (sulfide) groups is 1. The number of aliphatic hydroxyl groups is 3. The Balaban J connectivity index is 1.84. The van der Waals surface area contributed by atoms with Gasteiger partial charge in [0.25, 0.3) is 0 Å². The Kier molecular flexibility index (Phi) is 4.58. The normalized spacial score (nSPS) is 28.3. The van der Waals surface area contributed by atoms with Crippen molar-refractivity contribution >= 4 is 11.8 Å². The summed E-state index contributed by atoms with van der Waals surface area (Å²) >= 11 is 1.26. The van der Waals surface area contributed by atoms with Gasteiger partial charge in [-0.2, -0.15) is 0 Å². The molecule has 0 aliphatic carbocycles. The van der Waals surface area contributed by atoms with E-state index in [-0.39, 0.29) is 0 Å². The minimum atomic E-state index is -1.22. The fraction of sp³-hybridized carbons (Fsp3) is 0.333. The van der Waals surface area contributed by atoms with E-state index in [1.165, 1.54) is 11.8 Å². The van der Waals surface area contributed by atoms with Crippen molar-refractivity contribution in [3.63, 3.8) is 0 Å². The van der Waals surface area contributed by atoms with Crippen LogP contribution in [0.3, 0.4) is 0 Å². The van der Waals surface area contributed by atoms with E-state index < -0.39 is 23.7 Å². The number of pyridine rings is 2. The maximum Gasteiger partial charge on any atom is 0.173 e. The predicted molar refractivity (Wildman–Crippen MR) is 82.4 cm³/mol. The minimum Gasteiger partial charge on any atom is -0.475 e. The van der Waals surface area contributed by atoms with Crippen LogP contribution in [0.4, 0.5) is 0 Å². The van der Waals surface area contributed by atoms with Crippen LogP contribution in [0.5, 0.6) is 5.75 Å². The van der Waals surface area contributed by atoms with Gasteiger partial charge in [0.2, 0.25) is 0 Å². The van der Waals surface area contributed by atoms with Gasteiger partial charge in [-0.25, -0.2) is 0 Å². The zero-order valence-corrected chi connectivity index (χ0v) is 12.4. The molecule has 3 heterocycles. The van der Waals surface area contributed by atoms with Crippen molar-refractivity contribution in [2.24, 2.45) is 0 Å². The second-order valence-corrected chi connectivity index (χ2v) is 6.09. The highest BCUT2D eigenvalue weighted by Gasteiger charge is 2.38. The van der Waals surface area contributed by atoms with Gasteiger partial charge in [-0.3, -0.25) is 9.97 Å². The average molecular weight is 320 g/mol. The highest BCUT2D eigenvalue weighted by molar-refractivity contribution is 7.99. The first-order valence-corrected chi connectivity index (χ1v) is 7.89. The van der Waals surface area contributed by atoms with Gasteiger partial charge < -0.3 is 20.1 Å². The zero-order chi connectivity index (χ0) is 15.5. The molecule has 1 fully saturated rings. The van der Waals surface area contributed by atoms with Crippen molar-refractivity contribution in [3.05, 3.63) is 42.9 Å². The number of hydrogen-bond acceptors (Lipinski definition) is 7. The summed E-state index contributed by atoms with van der Waals surface area (Å²) in [7, 11) is 0. The lowest BCUT2D eigenvalue weighted by molar-refractivity contribution is -0.0785. The summed E-state index contributed by atoms with van der Waals surface area (Å²) < 4.78 is 5.82. The summed E-state index contributed by atoms with van der Waals surface area (Å²) in [5.41, 5.74) is 0.746. The van der Waals surface area contributed by atoms with E-state index in [0.29, 0.717) is 17.2 Å². The third-order valence-corrected chi connectivity index (χ3v) is 4.64. The molecule has 1 aliphatic rings. The van der Waals surface area contributed by atoms with E-state index in [0.717, 1.165) is 5.56 Å². The maximum absolute atomic E-state index is 10.0. The summed E-state index contributed by atoms with van der Waals surface area (Å²) in [6.07, 6.45) is 1.66. The van der Waals surface area contributed by atoms with Crippen LogP contribution in [0.25, 0.3) is 11.3 Å². The third kappa shape index (κ3) is 3.07. The van der Waals surface area contributed by atoms with Gasteiger partial charge in [-0.05, 0) is 24.3 Å². The summed E-state index contributed by atoms with van der Waals surface area (Å²) in [6.45, 7) is 0. The molecule has 6 nitrogen and oxygen atoms in total. The quantitative estimate of drug-likeness (QED) is 0.765. The van der Waals surface area contributed by atoms with E-state index >= 15 is 0 Å². The molecule has 0 aromatic carbocycles. The van der Waals surface area contributed by atoms with Crippen LogP contribution >= 0.6 is 11.8 Å². The maximum atomic E-state index is 10.0. The number of aromatic nitrogens is 2. The van der Waals surface area contributed by atoms with Crippen LogP contribution < -0.4 is 4.74 Å².